The standard InChI is InChI=1S/C13H15N3O/c1-17-13-8-10(5-6-12(13)14)16-9-11-4-2-3-7-15-11/h2-8,16H,9,14H2,1H3. The van der Waals surface area contributed by atoms with Crippen LogP contribution in [0.15, 0.2) is 42.6 Å². The van der Waals surface area contributed by atoms with Crippen molar-refractivity contribution in [2.24, 2.45) is 0 Å². The van der Waals surface area contributed by atoms with Crippen molar-refractivity contribution in [1.29, 1.82) is 0 Å². The lowest BCUT2D eigenvalue weighted by Gasteiger charge is -2.09. The third-order valence-corrected chi connectivity index (χ3v) is 2.43. The van der Waals surface area contributed by atoms with Crippen LogP contribution in [0.2, 0.25) is 0 Å². The van der Waals surface area contributed by atoms with Crippen molar-refractivity contribution in [3.8, 4) is 5.75 Å². The van der Waals surface area contributed by atoms with Gasteiger partial charge in [0.05, 0.1) is 25.0 Å². The minimum atomic E-state index is 0.635. The maximum atomic E-state index is 5.74. The molecule has 0 aliphatic heterocycles. The predicted molar refractivity (Wildman–Crippen MR) is 69.0 cm³/mol. The van der Waals surface area contributed by atoms with E-state index in [0.29, 0.717) is 18.0 Å². The molecule has 1 heterocycles. The van der Waals surface area contributed by atoms with E-state index in [4.69, 9.17) is 10.5 Å². The number of hydrogen-bond acceptors (Lipinski definition) is 4. The molecule has 4 heteroatoms. The molecule has 17 heavy (non-hydrogen) atoms. The average Bonchev–Trinajstić information content (AvgIpc) is 2.39. The molecule has 0 radical (unpaired) electrons. The molecular weight excluding hydrogens is 214 g/mol. The summed E-state index contributed by atoms with van der Waals surface area (Å²) in [7, 11) is 1.61. The highest BCUT2D eigenvalue weighted by molar-refractivity contribution is 5.61. The fourth-order valence-corrected chi connectivity index (χ4v) is 1.52. The SMILES string of the molecule is COc1cc(NCc2ccccn2)ccc1N. The molecule has 4 nitrogen and oxygen atoms in total. The van der Waals surface area contributed by atoms with Gasteiger partial charge in [0, 0.05) is 18.0 Å². The fourth-order valence-electron chi connectivity index (χ4n) is 1.52. The van der Waals surface area contributed by atoms with E-state index in [1.807, 2.05) is 36.4 Å². The van der Waals surface area contributed by atoms with Gasteiger partial charge in [0.1, 0.15) is 5.75 Å². The van der Waals surface area contributed by atoms with Gasteiger partial charge in [0.2, 0.25) is 0 Å². The summed E-state index contributed by atoms with van der Waals surface area (Å²) >= 11 is 0. The maximum absolute atomic E-state index is 5.74. The topological polar surface area (TPSA) is 60.2 Å². The second-order valence-corrected chi connectivity index (χ2v) is 3.63. The van der Waals surface area contributed by atoms with E-state index in [-0.39, 0.29) is 0 Å². The van der Waals surface area contributed by atoms with Crippen LogP contribution in [0, 0.1) is 0 Å². The van der Waals surface area contributed by atoms with Gasteiger partial charge >= 0.3 is 0 Å². The quantitative estimate of drug-likeness (QED) is 0.790. The van der Waals surface area contributed by atoms with Crippen LogP contribution >= 0.6 is 0 Å². The molecule has 88 valence electrons. The first-order valence-electron chi connectivity index (χ1n) is 5.37. The minimum Gasteiger partial charge on any atom is -0.495 e. The first-order valence-corrected chi connectivity index (χ1v) is 5.37. The van der Waals surface area contributed by atoms with E-state index in [0.717, 1.165) is 11.4 Å². The molecule has 2 aromatic rings. The van der Waals surface area contributed by atoms with Gasteiger partial charge in [-0.25, -0.2) is 0 Å². The molecule has 0 amide bonds. The van der Waals surface area contributed by atoms with Crippen LogP contribution in [0.25, 0.3) is 0 Å². The van der Waals surface area contributed by atoms with Crippen molar-refractivity contribution in [3.05, 3.63) is 48.3 Å². The lowest BCUT2D eigenvalue weighted by molar-refractivity contribution is 0.417. The number of aromatic nitrogens is 1. The van der Waals surface area contributed by atoms with E-state index in [2.05, 4.69) is 10.3 Å². The summed E-state index contributed by atoms with van der Waals surface area (Å²) in [5, 5.41) is 3.26. The highest BCUT2D eigenvalue weighted by Crippen LogP contribution is 2.25. The van der Waals surface area contributed by atoms with Crippen LogP contribution in [0.3, 0.4) is 0 Å². The van der Waals surface area contributed by atoms with E-state index >= 15 is 0 Å². The molecule has 0 fully saturated rings. The van der Waals surface area contributed by atoms with Gasteiger partial charge in [0.25, 0.3) is 0 Å². The number of pyridine rings is 1. The number of nitrogens with zero attached hydrogens (tertiary/aromatic N) is 1. The molecule has 0 aliphatic carbocycles. The normalized spacial score (nSPS) is 9.94. The third-order valence-electron chi connectivity index (χ3n) is 2.43. The van der Waals surface area contributed by atoms with Crippen LogP contribution in [0.1, 0.15) is 5.69 Å². The third kappa shape index (κ3) is 2.87. The number of benzene rings is 1. The van der Waals surface area contributed by atoms with Crippen molar-refractivity contribution in [1.82, 2.24) is 4.98 Å². The summed E-state index contributed by atoms with van der Waals surface area (Å²) < 4.78 is 5.16. The summed E-state index contributed by atoms with van der Waals surface area (Å²) in [6, 6.07) is 11.4. The number of anilines is 2. The van der Waals surface area contributed by atoms with Gasteiger partial charge in [0.15, 0.2) is 0 Å². The van der Waals surface area contributed by atoms with Gasteiger partial charge in [-0.3, -0.25) is 4.98 Å². The molecule has 0 aliphatic rings. The summed E-state index contributed by atoms with van der Waals surface area (Å²) in [6.07, 6.45) is 1.78. The molecule has 2 rings (SSSR count). The zero-order valence-electron chi connectivity index (χ0n) is 9.68. The first kappa shape index (κ1) is 11.3. The Morgan fingerprint density at radius 3 is 2.88 bits per heavy atom. The Morgan fingerprint density at radius 2 is 2.18 bits per heavy atom. The number of methoxy groups -OCH3 is 1. The van der Waals surface area contributed by atoms with E-state index in [1.54, 1.807) is 13.3 Å². The molecule has 0 spiro atoms. The van der Waals surface area contributed by atoms with Crippen molar-refractivity contribution < 1.29 is 4.74 Å². The van der Waals surface area contributed by atoms with Crippen molar-refractivity contribution in [2.75, 3.05) is 18.2 Å². The van der Waals surface area contributed by atoms with Gasteiger partial charge in [-0.2, -0.15) is 0 Å². The largest absolute Gasteiger partial charge is 0.495 e. The van der Waals surface area contributed by atoms with Crippen molar-refractivity contribution >= 4 is 11.4 Å². The average molecular weight is 229 g/mol. The molecule has 3 N–H and O–H groups in total. The number of nitrogen functional groups attached to an aromatic ring is 1. The van der Waals surface area contributed by atoms with Crippen LogP contribution in [0.4, 0.5) is 11.4 Å². The Bertz CT molecular complexity index is 485. The van der Waals surface area contributed by atoms with Gasteiger partial charge in [-0.05, 0) is 24.3 Å². The Morgan fingerprint density at radius 1 is 1.29 bits per heavy atom. The molecular formula is C13H15N3O. The second-order valence-electron chi connectivity index (χ2n) is 3.63. The zero-order chi connectivity index (χ0) is 12.1. The summed E-state index contributed by atoms with van der Waals surface area (Å²) in [6.45, 7) is 0.675. The molecule has 0 bridgehead atoms. The number of ether oxygens (including phenoxy) is 1. The molecule has 0 atom stereocenters. The van der Waals surface area contributed by atoms with E-state index in [9.17, 15) is 0 Å². The molecule has 0 unspecified atom stereocenters. The first-order chi connectivity index (χ1) is 8.29. The van der Waals surface area contributed by atoms with E-state index in [1.165, 1.54) is 0 Å². The molecule has 1 aromatic carbocycles. The van der Waals surface area contributed by atoms with Gasteiger partial charge in [-0.15, -0.1) is 0 Å². The highest BCUT2D eigenvalue weighted by Gasteiger charge is 2.00. The van der Waals surface area contributed by atoms with Crippen LogP contribution < -0.4 is 15.8 Å². The minimum absolute atomic E-state index is 0.635. The zero-order valence-corrected chi connectivity index (χ0v) is 9.68. The predicted octanol–water partition coefficient (Wildman–Crippen LogP) is 2.28. The van der Waals surface area contributed by atoms with Crippen LogP contribution in [-0.4, -0.2) is 12.1 Å². The molecule has 0 saturated heterocycles. The van der Waals surface area contributed by atoms with Crippen molar-refractivity contribution in [2.45, 2.75) is 6.54 Å². The molecule has 1 aromatic heterocycles. The lowest BCUT2D eigenvalue weighted by atomic mass is 10.2. The number of nitrogens with one attached hydrogen (secondary N) is 1. The molecule has 0 saturated carbocycles. The summed E-state index contributed by atoms with van der Waals surface area (Å²) in [4.78, 5) is 4.24. The second kappa shape index (κ2) is 5.21. The lowest BCUT2D eigenvalue weighted by Crippen LogP contribution is -2.02. The van der Waals surface area contributed by atoms with Gasteiger partial charge < -0.3 is 15.8 Å². The number of hydrogen-bond donors (Lipinski definition) is 2. The fraction of sp³-hybridized carbons (Fsp3) is 0.154. The number of nitrogens with two attached hydrogens (primary N) is 1. The Hall–Kier alpha value is -2.23. The van der Waals surface area contributed by atoms with E-state index < -0.39 is 0 Å². The monoisotopic (exact) mass is 229 g/mol. The summed E-state index contributed by atoms with van der Waals surface area (Å²) in [5.41, 5.74) is 8.33. The smallest absolute Gasteiger partial charge is 0.143 e. The Labute approximate surface area is 100 Å². The summed E-state index contributed by atoms with van der Waals surface area (Å²) in [5.74, 6) is 0.677. The Kier molecular flexibility index (Phi) is 3.45. The van der Waals surface area contributed by atoms with Crippen LogP contribution in [-0.2, 0) is 6.54 Å². The van der Waals surface area contributed by atoms with Gasteiger partial charge in [-0.1, -0.05) is 6.07 Å². The highest BCUT2D eigenvalue weighted by atomic mass is 16.5. The Balaban J connectivity index is 2.04. The number of rotatable bonds is 4. The van der Waals surface area contributed by atoms with Crippen molar-refractivity contribution in [3.63, 3.8) is 0 Å². The maximum Gasteiger partial charge on any atom is 0.143 e. The van der Waals surface area contributed by atoms with Crippen LogP contribution in [0.5, 0.6) is 5.75 Å².